The molecule has 1 heterocycles. The van der Waals surface area contributed by atoms with E-state index in [1.165, 1.54) is 12.8 Å². The summed E-state index contributed by atoms with van der Waals surface area (Å²) in [6.45, 7) is 8.56. The number of rotatable bonds is 6. The van der Waals surface area contributed by atoms with Crippen molar-refractivity contribution in [1.82, 2.24) is 4.90 Å². The molecule has 1 aliphatic heterocycles. The van der Waals surface area contributed by atoms with Crippen LogP contribution >= 0.6 is 0 Å². The van der Waals surface area contributed by atoms with Gasteiger partial charge in [-0.05, 0) is 64.4 Å². The third kappa shape index (κ3) is 4.74. The van der Waals surface area contributed by atoms with Crippen molar-refractivity contribution in [3.8, 4) is 5.75 Å². The van der Waals surface area contributed by atoms with Crippen LogP contribution in [-0.4, -0.2) is 42.7 Å². The van der Waals surface area contributed by atoms with Crippen LogP contribution in [0, 0.1) is 0 Å². The number of nitrogens with zero attached hydrogens (tertiary/aromatic N) is 1. The van der Waals surface area contributed by atoms with Crippen LogP contribution in [0.15, 0.2) is 24.3 Å². The third-order valence-corrected chi connectivity index (χ3v) is 3.76. The van der Waals surface area contributed by atoms with Gasteiger partial charge >= 0.3 is 5.97 Å². The predicted octanol–water partition coefficient (Wildman–Crippen LogP) is 3.11. The molecule has 4 heteroatoms. The van der Waals surface area contributed by atoms with Crippen molar-refractivity contribution in [1.29, 1.82) is 0 Å². The molecule has 116 valence electrons. The normalized spacial score (nSPS) is 19.0. The zero-order chi connectivity index (χ0) is 15.2. The van der Waals surface area contributed by atoms with Crippen molar-refractivity contribution in [2.75, 3.05) is 19.7 Å². The minimum Gasteiger partial charge on any atom is -0.491 e. The van der Waals surface area contributed by atoms with Crippen LogP contribution in [0.2, 0.25) is 0 Å². The Morgan fingerprint density at radius 2 is 2.05 bits per heavy atom. The smallest absolute Gasteiger partial charge is 0.338 e. The number of benzene rings is 1. The van der Waals surface area contributed by atoms with Gasteiger partial charge in [-0.2, -0.15) is 0 Å². The molecule has 1 unspecified atom stereocenters. The van der Waals surface area contributed by atoms with Crippen LogP contribution in [-0.2, 0) is 4.74 Å². The van der Waals surface area contributed by atoms with Crippen molar-refractivity contribution >= 4 is 5.97 Å². The second-order valence-corrected chi connectivity index (χ2v) is 5.85. The maximum atomic E-state index is 12.0. The van der Waals surface area contributed by atoms with Gasteiger partial charge in [0.15, 0.2) is 0 Å². The first kappa shape index (κ1) is 15.8. The molecule has 1 saturated heterocycles. The molecule has 1 aliphatic rings. The van der Waals surface area contributed by atoms with E-state index in [0.29, 0.717) is 18.2 Å². The molecule has 0 saturated carbocycles. The number of likely N-dealkylation sites (tertiary alicyclic amines) is 1. The maximum absolute atomic E-state index is 12.0. The Hall–Kier alpha value is -1.55. The van der Waals surface area contributed by atoms with Gasteiger partial charge in [-0.3, -0.25) is 4.90 Å². The Morgan fingerprint density at radius 3 is 2.62 bits per heavy atom. The van der Waals surface area contributed by atoms with Crippen LogP contribution in [0.3, 0.4) is 0 Å². The van der Waals surface area contributed by atoms with Crippen LogP contribution in [0.25, 0.3) is 0 Å². The Labute approximate surface area is 127 Å². The third-order valence-electron chi connectivity index (χ3n) is 3.76. The first-order valence-corrected chi connectivity index (χ1v) is 7.74. The molecule has 21 heavy (non-hydrogen) atoms. The van der Waals surface area contributed by atoms with E-state index < -0.39 is 0 Å². The molecule has 0 radical (unpaired) electrons. The molecule has 0 aliphatic carbocycles. The summed E-state index contributed by atoms with van der Waals surface area (Å²) in [4.78, 5) is 14.3. The average Bonchev–Trinajstić information content (AvgIpc) is 2.84. The highest BCUT2D eigenvalue weighted by atomic mass is 16.5. The minimum absolute atomic E-state index is 0.130. The highest BCUT2D eigenvalue weighted by molar-refractivity contribution is 5.89. The van der Waals surface area contributed by atoms with E-state index in [-0.39, 0.29) is 12.1 Å². The monoisotopic (exact) mass is 291 g/mol. The van der Waals surface area contributed by atoms with Gasteiger partial charge in [0.2, 0.25) is 0 Å². The highest BCUT2D eigenvalue weighted by Crippen LogP contribution is 2.16. The summed E-state index contributed by atoms with van der Waals surface area (Å²) in [5.41, 5.74) is 0.570. The minimum atomic E-state index is -0.266. The molecule has 1 aromatic rings. The number of carbonyl (C=O) groups is 1. The lowest BCUT2D eigenvalue weighted by Crippen LogP contribution is -2.31. The highest BCUT2D eigenvalue weighted by Gasteiger charge is 2.20. The molecule has 0 spiro atoms. The van der Waals surface area contributed by atoms with Gasteiger partial charge in [-0.1, -0.05) is 0 Å². The van der Waals surface area contributed by atoms with Crippen molar-refractivity contribution in [3.05, 3.63) is 29.8 Å². The number of carbonyl (C=O) groups excluding carboxylic acids is 1. The molecule has 0 bridgehead atoms. The van der Waals surface area contributed by atoms with Gasteiger partial charge < -0.3 is 9.47 Å². The lowest BCUT2D eigenvalue weighted by molar-refractivity contribution is 0.0458. The second-order valence-electron chi connectivity index (χ2n) is 5.85. The summed E-state index contributed by atoms with van der Waals surface area (Å²) in [6.07, 6.45) is 2.61. The summed E-state index contributed by atoms with van der Waals surface area (Å²) in [6, 6.07) is 7.71. The summed E-state index contributed by atoms with van der Waals surface area (Å²) >= 11 is 0. The lowest BCUT2D eigenvalue weighted by atomic mass is 10.2. The molecule has 4 nitrogen and oxygen atoms in total. The average molecular weight is 291 g/mol. The molecule has 1 aromatic carbocycles. The molecule has 1 atom stereocenters. The standard InChI is InChI=1S/C17H25NO3/c1-13(2)21-16-8-6-15(7-9-16)17(19)20-12-11-18-10-4-5-14(18)3/h6-9,13-14H,4-5,10-12H2,1-3H3. The van der Waals surface area contributed by atoms with E-state index in [2.05, 4.69) is 11.8 Å². The largest absolute Gasteiger partial charge is 0.491 e. The van der Waals surface area contributed by atoms with Gasteiger partial charge in [-0.15, -0.1) is 0 Å². The fourth-order valence-electron chi connectivity index (χ4n) is 2.61. The Balaban J connectivity index is 1.77. The van der Waals surface area contributed by atoms with Gasteiger partial charge in [0.1, 0.15) is 12.4 Å². The molecule has 0 aromatic heterocycles. The second kappa shape index (κ2) is 7.46. The first-order chi connectivity index (χ1) is 10.1. The SMILES string of the molecule is CC(C)Oc1ccc(C(=O)OCCN2CCCC2C)cc1. The number of hydrogen-bond acceptors (Lipinski definition) is 4. The van der Waals surface area contributed by atoms with Crippen molar-refractivity contribution < 1.29 is 14.3 Å². The Morgan fingerprint density at radius 1 is 1.33 bits per heavy atom. The molecular weight excluding hydrogens is 266 g/mol. The summed E-state index contributed by atoms with van der Waals surface area (Å²) in [7, 11) is 0. The van der Waals surface area contributed by atoms with Crippen LogP contribution in [0.5, 0.6) is 5.75 Å². The Bertz CT molecular complexity index is 456. The first-order valence-electron chi connectivity index (χ1n) is 7.74. The fraction of sp³-hybridized carbons (Fsp3) is 0.588. The van der Waals surface area contributed by atoms with E-state index in [0.717, 1.165) is 18.8 Å². The fourth-order valence-corrected chi connectivity index (χ4v) is 2.61. The van der Waals surface area contributed by atoms with Gasteiger partial charge in [0.05, 0.1) is 11.7 Å². The van der Waals surface area contributed by atoms with Crippen LogP contribution in [0.1, 0.15) is 44.0 Å². The molecule has 0 amide bonds. The molecule has 0 N–H and O–H groups in total. The van der Waals surface area contributed by atoms with Gasteiger partial charge in [0, 0.05) is 12.6 Å². The quantitative estimate of drug-likeness (QED) is 0.755. The van der Waals surface area contributed by atoms with Crippen molar-refractivity contribution in [2.45, 2.75) is 45.8 Å². The van der Waals surface area contributed by atoms with Gasteiger partial charge in [0.25, 0.3) is 0 Å². The number of ether oxygens (including phenoxy) is 2. The summed E-state index contributed by atoms with van der Waals surface area (Å²) in [5.74, 6) is 0.505. The number of hydrogen-bond donors (Lipinski definition) is 0. The van der Waals surface area contributed by atoms with Crippen molar-refractivity contribution in [3.63, 3.8) is 0 Å². The van der Waals surface area contributed by atoms with Gasteiger partial charge in [-0.25, -0.2) is 4.79 Å². The maximum Gasteiger partial charge on any atom is 0.338 e. The molecule has 2 rings (SSSR count). The lowest BCUT2D eigenvalue weighted by Gasteiger charge is -2.20. The molecule has 1 fully saturated rings. The van der Waals surface area contributed by atoms with Crippen LogP contribution in [0.4, 0.5) is 0 Å². The molecular formula is C17H25NO3. The number of esters is 1. The van der Waals surface area contributed by atoms with E-state index in [4.69, 9.17) is 9.47 Å². The zero-order valence-corrected chi connectivity index (χ0v) is 13.2. The predicted molar refractivity (Wildman–Crippen MR) is 82.8 cm³/mol. The van der Waals surface area contributed by atoms with E-state index in [9.17, 15) is 4.79 Å². The van der Waals surface area contributed by atoms with Crippen LogP contribution < -0.4 is 4.74 Å². The van der Waals surface area contributed by atoms with Crippen molar-refractivity contribution in [2.24, 2.45) is 0 Å². The summed E-state index contributed by atoms with van der Waals surface area (Å²) < 4.78 is 10.9. The topological polar surface area (TPSA) is 38.8 Å². The summed E-state index contributed by atoms with van der Waals surface area (Å²) in [5, 5.41) is 0. The van der Waals surface area contributed by atoms with E-state index in [1.54, 1.807) is 24.3 Å². The van der Waals surface area contributed by atoms with E-state index in [1.807, 2.05) is 13.8 Å². The van der Waals surface area contributed by atoms with E-state index >= 15 is 0 Å². The zero-order valence-electron chi connectivity index (χ0n) is 13.2. The Kier molecular flexibility index (Phi) is 5.62.